The van der Waals surface area contributed by atoms with Gasteiger partial charge in [0.05, 0.1) is 0 Å². The van der Waals surface area contributed by atoms with Crippen LogP contribution in [-0.2, 0) is 0 Å². The summed E-state index contributed by atoms with van der Waals surface area (Å²) in [4.78, 5) is 22.7. The van der Waals surface area contributed by atoms with Crippen LogP contribution in [0.2, 0.25) is 5.02 Å². The number of rotatable bonds is 3. The van der Waals surface area contributed by atoms with Crippen molar-refractivity contribution in [2.24, 2.45) is 0 Å². The SMILES string of the molecule is Nc1ccc(C(=O)O)c(OC(=O)Oc2ccc(Cl)cc2)c1. The second kappa shape index (κ2) is 6.15. The van der Waals surface area contributed by atoms with E-state index < -0.39 is 12.1 Å². The molecule has 0 heterocycles. The Labute approximate surface area is 124 Å². The molecule has 0 aliphatic carbocycles. The number of hydrogen-bond acceptors (Lipinski definition) is 5. The summed E-state index contributed by atoms with van der Waals surface area (Å²) in [5.41, 5.74) is 5.59. The zero-order chi connectivity index (χ0) is 15.4. The Bertz CT molecular complexity index is 684. The predicted octanol–water partition coefficient (Wildman–Crippen LogP) is 3.20. The van der Waals surface area contributed by atoms with E-state index in [-0.39, 0.29) is 22.7 Å². The van der Waals surface area contributed by atoms with Crippen LogP contribution in [0.3, 0.4) is 0 Å². The smallest absolute Gasteiger partial charge is 0.478 e. The van der Waals surface area contributed by atoms with E-state index in [1.165, 1.54) is 42.5 Å². The molecule has 0 aromatic heterocycles. The largest absolute Gasteiger partial charge is 0.519 e. The molecule has 0 fully saturated rings. The van der Waals surface area contributed by atoms with Crippen LogP contribution >= 0.6 is 11.6 Å². The van der Waals surface area contributed by atoms with Gasteiger partial charge >= 0.3 is 12.1 Å². The Kier molecular flexibility index (Phi) is 4.30. The van der Waals surface area contributed by atoms with Gasteiger partial charge in [-0.2, -0.15) is 0 Å². The lowest BCUT2D eigenvalue weighted by Crippen LogP contribution is -2.16. The van der Waals surface area contributed by atoms with Crippen molar-refractivity contribution in [3.8, 4) is 11.5 Å². The second-order valence-corrected chi connectivity index (χ2v) is 4.41. The lowest BCUT2D eigenvalue weighted by Gasteiger charge is -2.08. The van der Waals surface area contributed by atoms with Crippen LogP contribution in [0.5, 0.6) is 11.5 Å². The minimum Gasteiger partial charge on any atom is -0.478 e. The van der Waals surface area contributed by atoms with Crippen LogP contribution in [0.1, 0.15) is 10.4 Å². The summed E-state index contributed by atoms with van der Waals surface area (Å²) in [6, 6.07) is 9.87. The first-order valence-electron chi connectivity index (χ1n) is 5.74. The van der Waals surface area contributed by atoms with Crippen molar-refractivity contribution in [3.63, 3.8) is 0 Å². The van der Waals surface area contributed by atoms with Crippen LogP contribution < -0.4 is 15.2 Å². The minimum atomic E-state index is -1.25. The number of halogens is 1. The molecule has 7 heteroatoms. The molecular weight excluding hydrogens is 298 g/mol. The van der Waals surface area contributed by atoms with E-state index in [1.807, 2.05) is 0 Å². The van der Waals surface area contributed by atoms with Crippen molar-refractivity contribution in [2.75, 3.05) is 5.73 Å². The maximum atomic E-state index is 11.6. The molecule has 3 N–H and O–H groups in total. The maximum Gasteiger partial charge on any atom is 0.519 e. The molecule has 108 valence electrons. The molecule has 0 unspecified atom stereocenters. The van der Waals surface area contributed by atoms with Crippen molar-refractivity contribution >= 4 is 29.4 Å². The molecule has 0 bridgehead atoms. The number of nitrogen functional groups attached to an aromatic ring is 1. The molecule has 2 aromatic rings. The zero-order valence-electron chi connectivity index (χ0n) is 10.6. The molecule has 0 spiro atoms. The van der Waals surface area contributed by atoms with Gasteiger partial charge in [0.15, 0.2) is 5.75 Å². The summed E-state index contributed by atoms with van der Waals surface area (Å²) in [7, 11) is 0. The van der Waals surface area contributed by atoms with E-state index in [0.717, 1.165) is 0 Å². The number of carboxylic acids is 1. The van der Waals surface area contributed by atoms with E-state index in [4.69, 9.17) is 31.9 Å². The number of carbonyl (C=O) groups is 2. The Balaban J connectivity index is 2.14. The quantitative estimate of drug-likeness (QED) is 0.513. The highest BCUT2D eigenvalue weighted by Gasteiger charge is 2.16. The molecule has 0 saturated heterocycles. The summed E-state index contributed by atoms with van der Waals surface area (Å²) in [5.74, 6) is -1.23. The van der Waals surface area contributed by atoms with Crippen LogP contribution in [0.25, 0.3) is 0 Å². The molecule has 2 aromatic carbocycles. The molecule has 0 aliphatic heterocycles. The van der Waals surface area contributed by atoms with Gasteiger partial charge in [-0.1, -0.05) is 11.6 Å². The monoisotopic (exact) mass is 307 g/mol. The highest BCUT2D eigenvalue weighted by atomic mass is 35.5. The molecule has 0 radical (unpaired) electrons. The number of carboxylic acid groups (broad SMARTS) is 1. The third-order valence-electron chi connectivity index (χ3n) is 2.44. The first-order valence-corrected chi connectivity index (χ1v) is 6.11. The highest BCUT2D eigenvalue weighted by Crippen LogP contribution is 2.23. The second-order valence-electron chi connectivity index (χ2n) is 3.97. The van der Waals surface area contributed by atoms with Gasteiger partial charge in [-0.3, -0.25) is 0 Å². The normalized spacial score (nSPS) is 9.95. The first-order chi connectivity index (χ1) is 9.95. The van der Waals surface area contributed by atoms with Gasteiger partial charge in [0.1, 0.15) is 11.3 Å². The van der Waals surface area contributed by atoms with E-state index in [0.29, 0.717) is 5.02 Å². The van der Waals surface area contributed by atoms with E-state index in [1.54, 1.807) is 0 Å². The number of hydrogen-bond donors (Lipinski definition) is 2. The van der Waals surface area contributed by atoms with Gasteiger partial charge in [-0.25, -0.2) is 9.59 Å². The van der Waals surface area contributed by atoms with Gasteiger partial charge in [-0.05, 0) is 36.4 Å². The Morgan fingerprint density at radius 3 is 2.33 bits per heavy atom. The molecule has 21 heavy (non-hydrogen) atoms. The third-order valence-corrected chi connectivity index (χ3v) is 2.70. The maximum absolute atomic E-state index is 11.6. The standard InChI is InChI=1S/C14H10ClNO5/c15-8-1-4-10(5-2-8)20-14(19)21-12-7-9(16)3-6-11(12)13(17)18/h1-7H,16H2,(H,17,18). The summed E-state index contributed by atoms with van der Waals surface area (Å²) in [5, 5.41) is 9.49. The number of nitrogens with two attached hydrogens (primary N) is 1. The summed E-state index contributed by atoms with van der Waals surface area (Å²) in [6.45, 7) is 0. The lowest BCUT2D eigenvalue weighted by molar-refractivity contribution is 0.0693. The fourth-order valence-corrected chi connectivity index (χ4v) is 1.64. The Morgan fingerprint density at radius 1 is 1.05 bits per heavy atom. The molecule has 0 aliphatic rings. The summed E-state index contributed by atoms with van der Waals surface area (Å²) >= 11 is 5.70. The number of aromatic carboxylic acids is 1. The Morgan fingerprint density at radius 2 is 1.71 bits per heavy atom. The molecule has 0 atom stereocenters. The highest BCUT2D eigenvalue weighted by molar-refractivity contribution is 6.30. The van der Waals surface area contributed by atoms with Crippen molar-refractivity contribution in [3.05, 3.63) is 53.1 Å². The first kappa shape index (κ1) is 14.7. The molecular formula is C14H10ClNO5. The summed E-state index contributed by atoms with van der Waals surface area (Å²) in [6.07, 6.45) is -1.08. The molecule has 6 nitrogen and oxygen atoms in total. The van der Waals surface area contributed by atoms with Crippen LogP contribution in [0.4, 0.5) is 10.5 Å². The van der Waals surface area contributed by atoms with Crippen LogP contribution in [0, 0.1) is 0 Å². The predicted molar refractivity (Wildman–Crippen MR) is 75.9 cm³/mol. The average Bonchev–Trinajstić information content (AvgIpc) is 2.41. The van der Waals surface area contributed by atoms with Gasteiger partial charge in [0.2, 0.25) is 0 Å². The average molecular weight is 308 g/mol. The van der Waals surface area contributed by atoms with Crippen molar-refractivity contribution < 1.29 is 24.2 Å². The number of carbonyl (C=O) groups excluding carboxylic acids is 1. The minimum absolute atomic E-state index is 0.193. The van der Waals surface area contributed by atoms with Crippen molar-refractivity contribution in [1.29, 1.82) is 0 Å². The molecule has 0 saturated carbocycles. The van der Waals surface area contributed by atoms with Gasteiger partial charge in [-0.15, -0.1) is 0 Å². The van der Waals surface area contributed by atoms with E-state index >= 15 is 0 Å². The van der Waals surface area contributed by atoms with E-state index in [2.05, 4.69) is 0 Å². The van der Waals surface area contributed by atoms with Crippen molar-refractivity contribution in [1.82, 2.24) is 0 Å². The lowest BCUT2D eigenvalue weighted by atomic mass is 10.2. The van der Waals surface area contributed by atoms with Crippen LogP contribution in [0.15, 0.2) is 42.5 Å². The number of benzene rings is 2. The molecule has 2 rings (SSSR count). The summed E-state index contributed by atoms with van der Waals surface area (Å²) < 4.78 is 9.76. The van der Waals surface area contributed by atoms with Gasteiger partial charge in [0.25, 0.3) is 0 Å². The fourth-order valence-electron chi connectivity index (χ4n) is 1.51. The topological polar surface area (TPSA) is 98.9 Å². The van der Waals surface area contributed by atoms with Gasteiger partial charge < -0.3 is 20.3 Å². The van der Waals surface area contributed by atoms with Gasteiger partial charge in [0, 0.05) is 16.8 Å². The fraction of sp³-hybridized carbons (Fsp3) is 0. The van der Waals surface area contributed by atoms with Crippen LogP contribution in [-0.4, -0.2) is 17.2 Å². The number of ether oxygens (including phenoxy) is 2. The number of anilines is 1. The van der Waals surface area contributed by atoms with E-state index in [9.17, 15) is 9.59 Å². The van der Waals surface area contributed by atoms with Crippen molar-refractivity contribution in [2.45, 2.75) is 0 Å². The molecule has 0 amide bonds. The zero-order valence-corrected chi connectivity index (χ0v) is 11.3. The third kappa shape index (κ3) is 3.87. The Hall–Kier alpha value is -2.73.